The maximum Gasteiger partial charge on any atom is 0.356 e. The van der Waals surface area contributed by atoms with E-state index in [2.05, 4.69) is 15.0 Å². The summed E-state index contributed by atoms with van der Waals surface area (Å²) in [6, 6.07) is 2.55. The van der Waals surface area contributed by atoms with Gasteiger partial charge in [-0.3, -0.25) is 10.1 Å². The first kappa shape index (κ1) is 15.8. The van der Waals surface area contributed by atoms with Crippen molar-refractivity contribution in [1.29, 1.82) is 0 Å². The number of rotatable bonds is 7. The lowest BCUT2D eigenvalue weighted by atomic mass is 10.3. The van der Waals surface area contributed by atoms with Gasteiger partial charge in [-0.1, -0.05) is 0 Å². The zero-order chi connectivity index (χ0) is 15.1. The van der Waals surface area contributed by atoms with Gasteiger partial charge in [-0.2, -0.15) is 0 Å². The molecular weight excluding hydrogens is 264 g/mol. The van der Waals surface area contributed by atoms with Crippen LogP contribution in [0.15, 0.2) is 12.1 Å². The fourth-order valence-electron chi connectivity index (χ4n) is 1.68. The Morgan fingerprint density at radius 2 is 2.25 bits per heavy atom. The molecule has 0 aromatic carbocycles. The predicted octanol–water partition coefficient (Wildman–Crippen LogP) is 0.822. The van der Waals surface area contributed by atoms with E-state index in [0.717, 1.165) is 13.0 Å². The van der Waals surface area contributed by atoms with Gasteiger partial charge in [0, 0.05) is 19.7 Å². The molecule has 0 fully saturated rings. The molecule has 0 amide bonds. The first-order valence-electron chi connectivity index (χ1n) is 6.10. The van der Waals surface area contributed by atoms with Crippen molar-refractivity contribution in [2.75, 3.05) is 39.2 Å². The third-order valence-electron chi connectivity index (χ3n) is 2.73. The standard InChI is InChI=1S/C12H18N4O4/c1-13-7-4-8-15(2)11-10(16(18)19)6-5-9(14-11)12(17)20-3/h5-6,13H,4,7-8H2,1-3H3. The highest BCUT2D eigenvalue weighted by molar-refractivity contribution is 5.88. The van der Waals surface area contributed by atoms with Crippen LogP contribution in [-0.4, -0.2) is 50.2 Å². The van der Waals surface area contributed by atoms with Crippen LogP contribution in [0.2, 0.25) is 0 Å². The fourth-order valence-corrected chi connectivity index (χ4v) is 1.68. The van der Waals surface area contributed by atoms with Gasteiger partial charge in [-0.25, -0.2) is 9.78 Å². The number of methoxy groups -OCH3 is 1. The number of nitrogens with zero attached hydrogens (tertiary/aromatic N) is 3. The smallest absolute Gasteiger partial charge is 0.356 e. The van der Waals surface area contributed by atoms with Crippen molar-refractivity contribution < 1.29 is 14.5 Å². The average molecular weight is 282 g/mol. The molecule has 0 spiro atoms. The van der Waals surface area contributed by atoms with Crippen molar-refractivity contribution in [3.05, 3.63) is 27.9 Å². The molecule has 0 unspecified atom stereocenters. The number of nitro groups is 1. The summed E-state index contributed by atoms with van der Waals surface area (Å²) in [6.07, 6.45) is 0.800. The topological polar surface area (TPSA) is 97.6 Å². The molecule has 0 bridgehead atoms. The molecule has 1 N–H and O–H groups in total. The van der Waals surface area contributed by atoms with E-state index in [1.54, 1.807) is 11.9 Å². The number of aromatic nitrogens is 1. The highest BCUT2D eigenvalue weighted by atomic mass is 16.6. The summed E-state index contributed by atoms with van der Waals surface area (Å²) in [5.74, 6) is -0.459. The van der Waals surface area contributed by atoms with Crippen LogP contribution >= 0.6 is 0 Å². The van der Waals surface area contributed by atoms with Crippen LogP contribution in [-0.2, 0) is 4.74 Å². The Kier molecular flexibility index (Phi) is 5.85. The zero-order valence-electron chi connectivity index (χ0n) is 11.8. The van der Waals surface area contributed by atoms with Crippen LogP contribution in [0.4, 0.5) is 11.5 Å². The molecule has 8 heteroatoms. The number of anilines is 1. The maximum atomic E-state index is 11.4. The Labute approximate surface area is 116 Å². The first-order valence-corrected chi connectivity index (χ1v) is 6.10. The van der Waals surface area contributed by atoms with Gasteiger partial charge in [0.25, 0.3) is 0 Å². The van der Waals surface area contributed by atoms with Crippen molar-refractivity contribution in [3.8, 4) is 0 Å². The molecule has 8 nitrogen and oxygen atoms in total. The van der Waals surface area contributed by atoms with Crippen LogP contribution in [0.5, 0.6) is 0 Å². The van der Waals surface area contributed by atoms with E-state index < -0.39 is 10.9 Å². The van der Waals surface area contributed by atoms with E-state index in [1.165, 1.54) is 19.2 Å². The maximum absolute atomic E-state index is 11.4. The second-order valence-electron chi connectivity index (χ2n) is 4.17. The molecule has 1 rings (SSSR count). The van der Waals surface area contributed by atoms with Gasteiger partial charge >= 0.3 is 11.7 Å². The third kappa shape index (κ3) is 3.89. The van der Waals surface area contributed by atoms with Crippen LogP contribution in [0.3, 0.4) is 0 Å². The van der Waals surface area contributed by atoms with E-state index >= 15 is 0 Å². The number of carbonyl (C=O) groups excluding carboxylic acids is 1. The molecule has 0 aliphatic carbocycles. The predicted molar refractivity (Wildman–Crippen MR) is 74.0 cm³/mol. The minimum absolute atomic E-state index is 0.0496. The quantitative estimate of drug-likeness (QED) is 0.342. The van der Waals surface area contributed by atoms with Gasteiger partial charge in [-0.05, 0) is 26.1 Å². The van der Waals surface area contributed by atoms with Gasteiger partial charge in [0.1, 0.15) is 0 Å². The number of pyridine rings is 1. The molecular formula is C12H18N4O4. The number of carbonyl (C=O) groups is 1. The molecule has 0 aliphatic rings. The monoisotopic (exact) mass is 282 g/mol. The number of hydrogen-bond acceptors (Lipinski definition) is 7. The van der Waals surface area contributed by atoms with Gasteiger partial charge in [0.2, 0.25) is 5.82 Å². The van der Waals surface area contributed by atoms with E-state index in [0.29, 0.717) is 6.54 Å². The molecule has 0 aliphatic heterocycles. The van der Waals surface area contributed by atoms with Gasteiger partial charge in [-0.15, -0.1) is 0 Å². The van der Waals surface area contributed by atoms with E-state index in [1.807, 2.05) is 7.05 Å². The Morgan fingerprint density at radius 1 is 1.55 bits per heavy atom. The number of nitrogens with one attached hydrogen (secondary N) is 1. The highest BCUT2D eigenvalue weighted by Gasteiger charge is 2.21. The van der Waals surface area contributed by atoms with Crippen molar-refractivity contribution in [1.82, 2.24) is 10.3 Å². The Bertz CT molecular complexity index is 492. The Balaban J connectivity index is 3.05. The molecule has 1 heterocycles. The van der Waals surface area contributed by atoms with Crippen molar-refractivity contribution >= 4 is 17.5 Å². The molecule has 0 saturated heterocycles. The molecule has 20 heavy (non-hydrogen) atoms. The molecule has 0 radical (unpaired) electrons. The van der Waals surface area contributed by atoms with Crippen molar-refractivity contribution in [3.63, 3.8) is 0 Å². The molecule has 0 atom stereocenters. The molecule has 1 aromatic rings. The van der Waals surface area contributed by atoms with Crippen molar-refractivity contribution in [2.24, 2.45) is 0 Å². The normalized spacial score (nSPS) is 10.2. The fraction of sp³-hybridized carbons (Fsp3) is 0.500. The van der Waals surface area contributed by atoms with Gasteiger partial charge in [0.05, 0.1) is 12.0 Å². The number of hydrogen-bond donors (Lipinski definition) is 1. The summed E-state index contributed by atoms with van der Waals surface area (Å²) < 4.78 is 4.57. The zero-order valence-corrected chi connectivity index (χ0v) is 11.8. The van der Waals surface area contributed by atoms with E-state index in [-0.39, 0.29) is 17.2 Å². The van der Waals surface area contributed by atoms with Crippen LogP contribution in [0, 0.1) is 10.1 Å². The minimum atomic E-state index is -0.621. The summed E-state index contributed by atoms with van der Waals surface area (Å²) in [6.45, 7) is 1.37. The second kappa shape index (κ2) is 7.39. The SMILES string of the molecule is CNCCCN(C)c1nc(C(=O)OC)ccc1[N+](=O)[O-]. The number of esters is 1. The van der Waals surface area contributed by atoms with E-state index in [9.17, 15) is 14.9 Å². The second-order valence-corrected chi connectivity index (χ2v) is 4.17. The van der Waals surface area contributed by atoms with Crippen LogP contribution < -0.4 is 10.2 Å². The van der Waals surface area contributed by atoms with E-state index in [4.69, 9.17) is 0 Å². The van der Waals surface area contributed by atoms with Gasteiger partial charge in [0.15, 0.2) is 5.69 Å². The largest absolute Gasteiger partial charge is 0.464 e. The third-order valence-corrected chi connectivity index (χ3v) is 2.73. The lowest BCUT2D eigenvalue weighted by Crippen LogP contribution is -2.24. The molecule has 110 valence electrons. The summed E-state index contributed by atoms with van der Waals surface area (Å²) in [5.41, 5.74) is -0.0850. The summed E-state index contributed by atoms with van der Waals surface area (Å²) >= 11 is 0. The average Bonchev–Trinajstić information content (AvgIpc) is 2.45. The Hall–Kier alpha value is -2.22. The lowest BCUT2D eigenvalue weighted by Gasteiger charge is -2.18. The van der Waals surface area contributed by atoms with Crippen molar-refractivity contribution in [2.45, 2.75) is 6.42 Å². The summed E-state index contributed by atoms with van der Waals surface area (Å²) in [5, 5.41) is 14.0. The minimum Gasteiger partial charge on any atom is -0.464 e. The number of ether oxygens (including phenoxy) is 1. The molecule has 1 aromatic heterocycles. The highest BCUT2D eigenvalue weighted by Crippen LogP contribution is 2.25. The first-order chi connectivity index (χ1) is 9.51. The summed E-state index contributed by atoms with van der Waals surface area (Å²) in [4.78, 5) is 27.6. The van der Waals surface area contributed by atoms with Gasteiger partial charge < -0.3 is 15.0 Å². The van der Waals surface area contributed by atoms with Crippen LogP contribution in [0.25, 0.3) is 0 Å². The molecule has 0 saturated carbocycles. The van der Waals surface area contributed by atoms with Crippen LogP contribution in [0.1, 0.15) is 16.9 Å². The Morgan fingerprint density at radius 3 is 2.80 bits per heavy atom. The summed E-state index contributed by atoms with van der Waals surface area (Å²) in [7, 11) is 4.77. The lowest BCUT2D eigenvalue weighted by molar-refractivity contribution is -0.384.